The Morgan fingerprint density at radius 1 is 0.818 bits per heavy atom. The second-order valence-corrected chi connectivity index (χ2v) is 8.18. The maximum atomic E-state index is 13.1. The molecule has 0 unspecified atom stereocenters. The fraction of sp³-hybridized carbons (Fsp3) is 0.0769. The molecule has 0 aliphatic heterocycles. The zero-order chi connectivity index (χ0) is 16.5. The molecule has 9 heteroatoms. The minimum atomic E-state index is -4.11. The number of rotatable bonds is 4. The van der Waals surface area contributed by atoms with E-state index in [1.54, 1.807) is 0 Å². The van der Waals surface area contributed by atoms with E-state index in [0.717, 1.165) is 12.3 Å². The summed E-state index contributed by atoms with van der Waals surface area (Å²) in [6, 6.07) is 7.17. The van der Waals surface area contributed by atoms with Gasteiger partial charge in [-0.2, -0.15) is 0 Å². The van der Waals surface area contributed by atoms with E-state index in [2.05, 4.69) is 4.72 Å². The molecule has 0 aliphatic rings. The standard InChI is InChI=1S/C13H11F2NO4S2/c1-21(17,18)10-4-2-9(3-5-10)16-22(19,20)11-6-7-12(14)13(15)8-11/h2-8,16H,1H3. The fourth-order valence-electron chi connectivity index (χ4n) is 1.63. The molecular formula is C13H11F2NO4S2. The molecule has 0 saturated heterocycles. The van der Waals surface area contributed by atoms with Crippen LogP contribution in [0.4, 0.5) is 14.5 Å². The number of sulfone groups is 1. The summed E-state index contributed by atoms with van der Waals surface area (Å²) in [5, 5.41) is 0. The van der Waals surface area contributed by atoms with Crippen molar-refractivity contribution in [1.82, 2.24) is 0 Å². The van der Waals surface area contributed by atoms with Crippen molar-refractivity contribution in [1.29, 1.82) is 0 Å². The van der Waals surface area contributed by atoms with Crippen LogP contribution in [0.2, 0.25) is 0 Å². The van der Waals surface area contributed by atoms with Crippen LogP contribution in [0.1, 0.15) is 0 Å². The molecule has 0 radical (unpaired) electrons. The highest BCUT2D eigenvalue weighted by atomic mass is 32.2. The van der Waals surface area contributed by atoms with Crippen LogP contribution in [-0.2, 0) is 19.9 Å². The molecule has 0 spiro atoms. The number of anilines is 1. The number of hydrogen-bond acceptors (Lipinski definition) is 4. The van der Waals surface area contributed by atoms with Crippen molar-refractivity contribution in [3.05, 3.63) is 54.1 Å². The van der Waals surface area contributed by atoms with Gasteiger partial charge in [0.2, 0.25) is 0 Å². The van der Waals surface area contributed by atoms with Gasteiger partial charge in [0.25, 0.3) is 10.0 Å². The van der Waals surface area contributed by atoms with Crippen molar-refractivity contribution >= 4 is 25.5 Å². The van der Waals surface area contributed by atoms with Gasteiger partial charge in [-0.25, -0.2) is 25.6 Å². The van der Waals surface area contributed by atoms with Gasteiger partial charge in [0.1, 0.15) is 0 Å². The fourth-order valence-corrected chi connectivity index (χ4v) is 3.33. The lowest BCUT2D eigenvalue weighted by Crippen LogP contribution is -2.13. The van der Waals surface area contributed by atoms with Crippen molar-refractivity contribution in [2.75, 3.05) is 11.0 Å². The molecule has 2 rings (SSSR count). The van der Waals surface area contributed by atoms with Gasteiger partial charge >= 0.3 is 0 Å². The molecule has 2 aromatic rings. The Bertz CT molecular complexity index is 908. The summed E-state index contributed by atoms with van der Waals surface area (Å²) >= 11 is 0. The van der Waals surface area contributed by atoms with Crippen molar-refractivity contribution < 1.29 is 25.6 Å². The predicted molar refractivity (Wildman–Crippen MR) is 76.7 cm³/mol. The molecule has 0 amide bonds. The Labute approximate surface area is 126 Å². The van der Waals surface area contributed by atoms with Gasteiger partial charge in [-0.05, 0) is 42.5 Å². The molecule has 0 bridgehead atoms. The second-order valence-electron chi connectivity index (χ2n) is 4.48. The van der Waals surface area contributed by atoms with E-state index in [9.17, 15) is 25.6 Å². The smallest absolute Gasteiger partial charge is 0.261 e. The summed E-state index contributed by atoms with van der Waals surface area (Å²) < 4.78 is 74.7. The summed E-state index contributed by atoms with van der Waals surface area (Å²) in [4.78, 5) is -0.415. The molecule has 0 heterocycles. The van der Waals surface area contributed by atoms with Crippen molar-refractivity contribution in [3.63, 3.8) is 0 Å². The second kappa shape index (κ2) is 5.65. The number of hydrogen-bond donors (Lipinski definition) is 1. The van der Waals surface area contributed by atoms with Crippen LogP contribution in [0.25, 0.3) is 0 Å². The first kappa shape index (κ1) is 16.4. The topological polar surface area (TPSA) is 80.3 Å². The highest BCUT2D eigenvalue weighted by molar-refractivity contribution is 7.92. The van der Waals surface area contributed by atoms with Crippen LogP contribution in [-0.4, -0.2) is 23.1 Å². The van der Waals surface area contributed by atoms with E-state index < -0.39 is 36.4 Å². The molecule has 1 N–H and O–H groups in total. The van der Waals surface area contributed by atoms with Gasteiger partial charge in [-0.1, -0.05) is 0 Å². The third-order valence-corrected chi connectivity index (χ3v) is 5.24. The Morgan fingerprint density at radius 2 is 1.36 bits per heavy atom. The maximum absolute atomic E-state index is 13.1. The summed E-state index contributed by atoms with van der Waals surface area (Å²) in [7, 11) is -7.50. The number of sulfonamides is 1. The molecule has 0 fully saturated rings. The predicted octanol–water partition coefficient (Wildman–Crippen LogP) is 2.17. The molecule has 2 aromatic carbocycles. The molecule has 0 saturated carbocycles. The van der Waals surface area contributed by atoms with Crippen LogP contribution in [0, 0.1) is 11.6 Å². The first-order valence-corrected chi connectivity index (χ1v) is 9.25. The van der Waals surface area contributed by atoms with E-state index in [0.29, 0.717) is 12.1 Å². The van der Waals surface area contributed by atoms with Gasteiger partial charge < -0.3 is 0 Å². The first-order chi connectivity index (χ1) is 10.1. The summed E-state index contributed by atoms with van der Waals surface area (Å²) in [5.74, 6) is -2.44. The zero-order valence-corrected chi connectivity index (χ0v) is 12.9. The SMILES string of the molecule is CS(=O)(=O)c1ccc(NS(=O)(=O)c2ccc(F)c(F)c2)cc1. The molecular weight excluding hydrogens is 336 g/mol. The average Bonchev–Trinajstić information content (AvgIpc) is 2.41. The van der Waals surface area contributed by atoms with Gasteiger partial charge in [-0.3, -0.25) is 4.72 Å². The van der Waals surface area contributed by atoms with Gasteiger partial charge in [0.15, 0.2) is 21.5 Å². The van der Waals surface area contributed by atoms with Crippen LogP contribution in [0.5, 0.6) is 0 Å². The highest BCUT2D eigenvalue weighted by Crippen LogP contribution is 2.19. The van der Waals surface area contributed by atoms with E-state index in [1.807, 2.05) is 0 Å². The lowest BCUT2D eigenvalue weighted by Gasteiger charge is -2.09. The van der Waals surface area contributed by atoms with Gasteiger partial charge in [0, 0.05) is 11.9 Å². The lowest BCUT2D eigenvalue weighted by molar-refractivity contribution is 0.504. The van der Waals surface area contributed by atoms with E-state index in [-0.39, 0.29) is 10.6 Å². The van der Waals surface area contributed by atoms with E-state index >= 15 is 0 Å². The van der Waals surface area contributed by atoms with Crippen LogP contribution in [0.15, 0.2) is 52.3 Å². The molecule has 5 nitrogen and oxygen atoms in total. The Morgan fingerprint density at radius 3 is 1.86 bits per heavy atom. The Balaban J connectivity index is 2.30. The number of halogens is 2. The van der Waals surface area contributed by atoms with Crippen molar-refractivity contribution in [2.24, 2.45) is 0 Å². The monoisotopic (exact) mass is 347 g/mol. The summed E-state index contributed by atoms with van der Waals surface area (Å²) in [6.07, 6.45) is 1.02. The minimum Gasteiger partial charge on any atom is -0.280 e. The molecule has 0 atom stereocenters. The quantitative estimate of drug-likeness (QED) is 0.919. The van der Waals surface area contributed by atoms with Crippen LogP contribution < -0.4 is 4.72 Å². The molecule has 0 aromatic heterocycles. The van der Waals surface area contributed by atoms with E-state index in [4.69, 9.17) is 0 Å². The molecule has 118 valence electrons. The van der Waals surface area contributed by atoms with E-state index in [1.165, 1.54) is 24.3 Å². The first-order valence-electron chi connectivity index (χ1n) is 5.87. The Hall–Kier alpha value is -2.00. The summed E-state index contributed by atoms with van der Waals surface area (Å²) in [6.45, 7) is 0. The number of nitrogens with one attached hydrogen (secondary N) is 1. The van der Waals surface area contributed by atoms with Crippen molar-refractivity contribution in [2.45, 2.75) is 9.79 Å². The lowest BCUT2D eigenvalue weighted by atomic mass is 10.3. The Kier molecular flexibility index (Phi) is 4.21. The summed E-state index contributed by atoms with van der Waals surface area (Å²) in [5.41, 5.74) is 0.0946. The molecule has 0 aliphatic carbocycles. The van der Waals surface area contributed by atoms with Gasteiger partial charge in [-0.15, -0.1) is 0 Å². The normalized spacial score (nSPS) is 12.1. The highest BCUT2D eigenvalue weighted by Gasteiger charge is 2.17. The molecule has 22 heavy (non-hydrogen) atoms. The largest absolute Gasteiger partial charge is 0.280 e. The van der Waals surface area contributed by atoms with Crippen LogP contribution in [0.3, 0.4) is 0 Å². The minimum absolute atomic E-state index is 0.0308. The zero-order valence-electron chi connectivity index (χ0n) is 11.2. The third-order valence-electron chi connectivity index (χ3n) is 2.74. The maximum Gasteiger partial charge on any atom is 0.261 e. The van der Waals surface area contributed by atoms with Crippen LogP contribution >= 0.6 is 0 Å². The van der Waals surface area contributed by atoms with Gasteiger partial charge in [0.05, 0.1) is 9.79 Å². The van der Waals surface area contributed by atoms with Crippen molar-refractivity contribution in [3.8, 4) is 0 Å². The number of benzene rings is 2. The average molecular weight is 347 g/mol. The third kappa shape index (κ3) is 3.60.